The molecule has 0 heterocycles. The molecule has 0 amide bonds. The fraction of sp³-hybridized carbons (Fsp3) is 0.455. The zero-order valence-corrected chi connectivity index (χ0v) is 8.89. The second-order valence-electron chi connectivity index (χ2n) is 4.07. The van der Waals surface area contributed by atoms with Gasteiger partial charge < -0.3 is 0 Å². The van der Waals surface area contributed by atoms with E-state index in [0.717, 1.165) is 5.56 Å². The van der Waals surface area contributed by atoms with Crippen LogP contribution < -0.4 is 0 Å². The Morgan fingerprint density at radius 3 is 2.29 bits per heavy atom. The fourth-order valence-corrected chi connectivity index (χ4v) is 1.53. The lowest BCUT2D eigenvalue weighted by Gasteiger charge is -2.19. The molecule has 0 N–H and O–H groups in total. The third kappa shape index (κ3) is 1.81. The van der Waals surface area contributed by atoms with Crippen molar-refractivity contribution in [2.24, 2.45) is 5.18 Å². The Labute approximate surface area is 83.1 Å². The molecule has 0 bridgehead atoms. The van der Waals surface area contributed by atoms with E-state index in [4.69, 9.17) is 0 Å². The summed E-state index contributed by atoms with van der Waals surface area (Å²) in [6.45, 7) is 6.91. The molecule has 0 fully saturated rings. The zero-order valence-electron chi connectivity index (χ0n) is 8.89. The van der Waals surface area contributed by atoms with Crippen molar-refractivity contribution < 1.29 is 4.39 Å². The summed E-state index contributed by atoms with van der Waals surface area (Å²) < 4.78 is 13.3. The quantitative estimate of drug-likeness (QED) is 0.664. The minimum absolute atomic E-state index is 0.290. The topological polar surface area (TPSA) is 29.4 Å². The Morgan fingerprint density at radius 1 is 1.21 bits per heavy atom. The Balaban J connectivity index is 3.36. The number of aryl methyl sites for hydroxylation is 2. The largest absolute Gasteiger partial charge is 0.207 e. The van der Waals surface area contributed by atoms with Gasteiger partial charge in [-0.15, -0.1) is 4.91 Å². The van der Waals surface area contributed by atoms with Crippen LogP contribution in [0.15, 0.2) is 17.3 Å². The van der Waals surface area contributed by atoms with E-state index in [2.05, 4.69) is 5.18 Å². The molecule has 0 atom stereocenters. The van der Waals surface area contributed by atoms with Crippen molar-refractivity contribution in [3.63, 3.8) is 0 Å². The summed E-state index contributed by atoms with van der Waals surface area (Å²) in [6, 6.07) is 3.13. The maximum Gasteiger partial charge on any atom is 0.126 e. The van der Waals surface area contributed by atoms with Gasteiger partial charge in [-0.2, -0.15) is 0 Å². The molecule has 0 aliphatic heterocycles. The van der Waals surface area contributed by atoms with Crippen molar-refractivity contribution in [1.29, 1.82) is 0 Å². The molecular formula is C11H14FNO. The lowest BCUT2D eigenvalue weighted by Crippen LogP contribution is -2.15. The van der Waals surface area contributed by atoms with Crippen molar-refractivity contribution in [2.75, 3.05) is 0 Å². The highest BCUT2D eigenvalue weighted by molar-refractivity contribution is 5.36. The molecule has 14 heavy (non-hydrogen) atoms. The molecule has 0 aliphatic rings. The summed E-state index contributed by atoms with van der Waals surface area (Å²) in [7, 11) is 0. The molecule has 2 nitrogen and oxygen atoms in total. The highest BCUT2D eigenvalue weighted by atomic mass is 19.1. The van der Waals surface area contributed by atoms with Crippen LogP contribution in [0.2, 0.25) is 0 Å². The summed E-state index contributed by atoms with van der Waals surface area (Å²) in [4.78, 5) is 10.6. The molecule has 0 aliphatic carbocycles. The lowest BCUT2D eigenvalue weighted by molar-refractivity contribution is 0.537. The molecular weight excluding hydrogens is 181 g/mol. The first kappa shape index (κ1) is 10.8. The highest BCUT2D eigenvalue weighted by Gasteiger charge is 2.24. The first-order chi connectivity index (χ1) is 6.38. The molecule has 0 saturated carbocycles. The van der Waals surface area contributed by atoms with Crippen LogP contribution in [0.25, 0.3) is 0 Å². The minimum atomic E-state index is -0.862. The molecule has 0 spiro atoms. The van der Waals surface area contributed by atoms with Crippen LogP contribution in [0, 0.1) is 24.6 Å². The smallest absolute Gasteiger partial charge is 0.126 e. The number of rotatable bonds is 2. The van der Waals surface area contributed by atoms with Gasteiger partial charge in [0.25, 0.3) is 0 Å². The van der Waals surface area contributed by atoms with Gasteiger partial charge in [-0.05, 0) is 50.5 Å². The van der Waals surface area contributed by atoms with Crippen molar-refractivity contribution in [3.05, 3.63) is 39.5 Å². The summed E-state index contributed by atoms with van der Waals surface area (Å²) in [5, 5.41) is 3.01. The highest BCUT2D eigenvalue weighted by Crippen LogP contribution is 2.29. The average Bonchev–Trinajstić information content (AvgIpc) is 2.11. The molecule has 1 aromatic rings. The minimum Gasteiger partial charge on any atom is -0.207 e. The Hall–Kier alpha value is -1.25. The maximum atomic E-state index is 13.3. The van der Waals surface area contributed by atoms with Crippen LogP contribution >= 0.6 is 0 Å². The number of nitroso groups, excluding NO2 is 1. The van der Waals surface area contributed by atoms with E-state index in [9.17, 15) is 9.30 Å². The molecule has 0 aromatic heterocycles. The molecule has 76 valence electrons. The second-order valence-corrected chi connectivity index (χ2v) is 4.07. The van der Waals surface area contributed by atoms with E-state index in [-0.39, 0.29) is 5.82 Å². The van der Waals surface area contributed by atoms with Gasteiger partial charge >= 0.3 is 0 Å². The number of hydrogen-bond acceptors (Lipinski definition) is 2. The SMILES string of the molecule is Cc1cc(C)c(C(C)(C)N=O)cc1F. The van der Waals surface area contributed by atoms with Gasteiger partial charge in [0.15, 0.2) is 0 Å². The monoisotopic (exact) mass is 195 g/mol. The third-order valence-electron chi connectivity index (χ3n) is 2.39. The second kappa shape index (κ2) is 3.48. The van der Waals surface area contributed by atoms with Crippen molar-refractivity contribution in [2.45, 2.75) is 33.2 Å². The van der Waals surface area contributed by atoms with E-state index in [0.29, 0.717) is 11.1 Å². The Morgan fingerprint density at radius 2 is 1.79 bits per heavy atom. The lowest BCUT2D eigenvalue weighted by atomic mass is 9.90. The number of hydrogen-bond donors (Lipinski definition) is 0. The zero-order chi connectivity index (χ0) is 10.9. The van der Waals surface area contributed by atoms with Crippen LogP contribution in [-0.4, -0.2) is 0 Å². The van der Waals surface area contributed by atoms with Crippen LogP contribution in [0.4, 0.5) is 4.39 Å². The van der Waals surface area contributed by atoms with Crippen molar-refractivity contribution in [3.8, 4) is 0 Å². The van der Waals surface area contributed by atoms with Crippen LogP contribution in [0.1, 0.15) is 30.5 Å². The molecule has 0 unspecified atom stereocenters. The predicted molar refractivity (Wildman–Crippen MR) is 54.7 cm³/mol. The first-order valence-corrected chi connectivity index (χ1v) is 4.50. The van der Waals surface area contributed by atoms with Crippen LogP contribution in [0.3, 0.4) is 0 Å². The summed E-state index contributed by atoms with van der Waals surface area (Å²) >= 11 is 0. The van der Waals surface area contributed by atoms with Gasteiger partial charge in [0.2, 0.25) is 0 Å². The number of halogens is 1. The summed E-state index contributed by atoms with van der Waals surface area (Å²) in [5.41, 5.74) is 1.27. The number of benzene rings is 1. The fourth-order valence-electron chi connectivity index (χ4n) is 1.53. The van der Waals surface area contributed by atoms with Gasteiger partial charge in [0, 0.05) is 0 Å². The Kier molecular flexibility index (Phi) is 2.69. The van der Waals surface area contributed by atoms with Gasteiger partial charge in [-0.25, -0.2) is 4.39 Å². The van der Waals surface area contributed by atoms with E-state index >= 15 is 0 Å². The van der Waals surface area contributed by atoms with Crippen molar-refractivity contribution >= 4 is 0 Å². The summed E-state index contributed by atoms with van der Waals surface area (Å²) in [6.07, 6.45) is 0. The first-order valence-electron chi connectivity index (χ1n) is 4.50. The van der Waals surface area contributed by atoms with E-state index in [1.807, 2.05) is 6.92 Å². The van der Waals surface area contributed by atoms with E-state index in [1.54, 1.807) is 26.8 Å². The average molecular weight is 195 g/mol. The molecule has 1 rings (SSSR count). The molecule has 3 heteroatoms. The Bertz CT molecular complexity index is 372. The molecule has 0 saturated heterocycles. The van der Waals surface area contributed by atoms with E-state index in [1.165, 1.54) is 6.07 Å². The van der Waals surface area contributed by atoms with E-state index < -0.39 is 5.54 Å². The van der Waals surface area contributed by atoms with Crippen LogP contribution in [-0.2, 0) is 5.54 Å². The van der Waals surface area contributed by atoms with Crippen molar-refractivity contribution in [1.82, 2.24) is 0 Å². The third-order valence-corrected chi connectivity index (χ3v) is 2.39. The van der Waals surface area contributed by atoms with Gasteiger partial charge in [-0.3, -0.25) is 0 Å². The van der Waals surface area contributed by atoms with Gasteiger partial charge in [0.05, 0.1) is 0 Å². The standard InChI is InChI=1S/C11H14FNO/c1-7-5-8(2)10(12)6-9(7)11(3,4)13-14/h5-6H,1-4H3. The molecule has 0 radical (unpaired) electrons. The van der Waals surface area contributed by atoms with Gasteiger partial charge in [0.1, 0.15) is 11.4 Å². The maximum absolute atomic E-state index is 13.3. The predicted octanol–water partition coefficient (Wildman–Crippen LogP) is 3.44. The van der Waals surface area contributed by atoms with Gasteiger partial charge in [-0.1, -0.05) is 11.2 Å². The normalized spacial score (nSPS) is 11.5. The summed E-state index contributed by atoms with van der Waals surface area (Å²) in [5.74, 6) is -0.290. The van der Waals surface area contributed by atoms with Crippen LogP contribution in [0.5, 0.6) is 0 Å². The molecule has 1 aromatic carbocycles. The number of nitrogens with zero attached hydrogens (tertiary/aromatic N) is 1.